The third kappa shape index (κ3) is 5.92. The number of amides is 2. The number of benzene rings is 2. The molecule has 2 aromatic rings. The van der Waals surface area contributed by atoms with Crippen LogP contribution in [0.5, 0.6) is 5.75 Å². The van der Waals surface area contributed by atoms with Crippen LogP contribution in [0, 0.1) is 5.82 Å². The number of piperazine rings is 1. The number of urea groups is 1. The van der Waals surface area contributed by atoms with Crippen LogP contribution >= 0.6 is 0 Å². The summed E-state index contributed by atoms with van der Waals surface area (Å²) in [6, 6.07) is 12.8. The zero-order valence-corrected chi connectivity index (χ0v) is 20.1. The smallest absolute Gasteiger partial charge is 0.338 e. The average molecular weight is 483 g/mol. The maximum absolute atomic E-state index is 13.3. The highest BCUT2D eigenvalue weighted by molar-refractivity contribution is 5.95. The monoisotopic (exact) mass is 482 g/mol. The van der Waals surface area contributed by atoms with Gasteiger partial charge in [0.05, 0.1) is 24.8 Å². The van der Waals surface area contributed by atoms with Crippen LogP contribution in [-0.4, -0.2) is 62.8 Å². The zero-order chi connectivity index (χ0) is 24.8. The molecule has 1 atom stereocenters. The molecule has 35 heavy (non-hydrogen) atoms. The van der Waals surface area contributed by atoms with E-state index in [9.17, 15) is 14.0 Å². The van der Waals surface area contributed by atoms with Crippen LogP contribution in [0.3, 0.4) is 0 Å². The highest BCUT2D eigenvalue weighted by Gasteiger charge is 2.34. The van der Waals surface area contributed by atoms with E-state index in [1.807, 2.05) is 31.2 Å². The number of ether oxygens (including phenoxy) is 2. The lowest BCUT2D eigenvalue weighted by Gasteiger charge is -2.38. The number of carbonyl (C=O) groups is 2. The number of hydrogen-bond donors (Lipinski definition) is 2. The van der Waals surface area contributed by atoms with Crippen molar-refractivity contribution in [3.8, 4) is 5.75 Å². The van der Waals surface area contributed by atoms with Crippen LogP contribution < -0.4 is 20.3 Å². The van der Waals surface area contributed by atoms with Gasteiger partial charge in [0.15, 0.2) is 0 Å². The molecule has 0 unspecified atom stereocenters. The number of rotatable bonds is 8. The lowest BCUT2D eigenvalue weighted by molar-refractivity contribution is -0.139. The molecule has 9 heteroatoms. The Hall–Kier alpha value is -3.59. The van der Waals surface area contributed by atoms with Crippen LogP contribution in [0.25, 0.3) is 0 Å². The summed E-state index contributed by atoms with van der Waals surface area (Å²) >= 11 is 0. The van der Waals surface area contributed by atoms with E-state index in [-0.39, 0.29) is 18.5 Å². The van der Waals surface area contributed by atoms with Gasteiger partial charge in [-0.2, -0.15) is 0 Å². The first-order valence-electron chi connectivity index (χ1n) is 11.9. The van der Waals surface area contributed by atoms with Gasteiger partial charge in [-0.3, -0.25) is 4.90 Å². The van der Waals surface area contributed by atoms with E-state index in [1.165, 1.54) is 12.1 Å². The molecule has 0 aliphatic carbocycles. The van der Waals surface area contributed by atoms with Crippen molar-refractivity contribution in [2.24, 2.45) is 0 Å². The zero-order valence-electron chi connectivity index (χ0n) is 20.1. The van der Waals surface area contributed by atoms with Gasteiger partial charge in [0.1, 0.15) is 11.6 Å². The topological polar surface area (TPSA) is 83.1 Å². The summed E-state index contributed by atoms with van der Waals surface area (Å²) in [5.41, 5.74) is 2.69. The highest BCUT2D eigenvalue weighted by atomic mass is 19.1. The Morgan fingerprint density at radius 2 is 1.69 bits per heavy atom. The van der Waals surface area contributed by atoms with Gasteiger partial charge in [-0.15, -0.1) is 0 Å². The number of carbonyl (C=O) groups excluding carboxylic acids is 2. The van der Waals surface area contributed by atoms with Gasteiger partial charge in [0.25, 0.3) is 0 Å². The second kappa shape index (κ2) is 11.2. The van der Waals surface area contributed by atoms with Crippen LogP contribution in [0.4, 0.5) is 14.9 Å². The van der Waals surface area contributed by atoms with E-state index in [0.29, 0.717) is 24.4 Å². The minimum absolute atomic E-state index is 0.232. The second-order valence-corrected chi connectivity index (χ2v) is 8.39. The largest absolute Gasteiger partial charge is 0.494 e. The molecule has 0 spiro atoms. The van der Waals surface area contributed by atoms with Gasteiger partial charge in [0.2, 0.25) is 0 Å². The molecule has 2 heterocycles. The first-order chi connectivity index (χ1) is 17.0. The number of esters is 1. The summed E-state index contributed by atoms with van der Waals surface area (Å²) in [5, 5.41) is 5.71. The molecule has 1 fully saturated rings. The van der Waals surface area contributed by atoms with E-state index in [2.05, 4.69) is 20.4 Å². The number of anilines is 1. The van der Waals surface area contributed by atoms with Crippen LogP contribution in [0.2, 0.25) is 0 Å². The highest BCUT2D eigenvalue weighted by Crippen LogP contribution is 2.30. The molecule has 2 aliphatic heterocycles. The average Bonchev–Trinajstić information content (AvgIpc) is 2.85. The van der Waals surface area contributed by atoms with Crippen molar-refractivity contribution in [2.45, 2.75) is 19.9 Å². The van der Waals surface area contributed by atoms with Crippen LogP contribution in [0.15, 0.2) is 59.8 Å². The Morgan fingerprint density at radius 1 is 1.00 bits per heavy atom. The van der Waals surface area contributed by atoms with Crippen molar-refractivity contribution < 1.29 is 23.5 Å². The molecule has 4 rings (SSSR count). The molecule has 2 aliphatic rings. The lowest BCUT2D eigenvalue weighted by atomic mass is 9.94. The molecule has 8 nitrogen and oxygen atoms in total. The molecule has 2 N–H and O–H groups in total. The first-order valence-corrected chi connectivity index (χ1v) is 11.9. The standard InChI is InChI=1S/C26H31FN4O4/c1-3-34-21-11-5-18(6-12-21)24-23(25(32)35-4-2)22(28-26(33)29-24)17-30-13-15-31(16-14-30)20-9-7-19(27)8-10-20/h5-12,24H,3-4,13-17H2,1-2H3,(H2,28,29,33)/t24-/m1/s1. The summed E-state index contributed by atoms with van der Waals surface area (Å²) < 4.78 is 24.1. The van der Waals surface area contributed by atoms with E-state index in [0.717, 1.165) is 43.2 Å². The van der Waals surface area contributed by atoms with Crippen molar-refractivity contribution in [2.75, 3.05) is 50.8 Å². The summed E-state index contributed by atoms with van der Waals surface area (Å²) in [5.74, 6) is 0.00538. The normalized spacial score (nSPS) is 18.7. The SMILES string of the molecule is CCOC(=O)C1=C(CN2CCN(c3ccc(F)cc3)CC2)NC(=O)N[C@@H]1c1ccc(OCC)cc1. The Morgan fingerprint density at radius 3 is 2.31 bits per heavy atom. The molecular weight excluding hydrogens is 451 g/mol. The Labute approximate surface area is 204 Å². The molecule has 0 aromatic heterocycles. The van der Waals surface area contributed by atoms with Crippen molar-refractivity contribution in [3.05, 3.63) is 71.2 Å². The van der Waals surface area contributed by atoms with Crippen molar-refractivity contribution >= 4 is 17.7 Å². The van der Waals surface area contributed by atoms with Gasteiger partial charge in [-0.05, 0) is 55.8 Å². The molecule has 0 radical (unpaired) electrons. The third-order valence-corrected chi connectivity index (χ3v) is 6.12. The predicted octanol–water partition coefficient (Wildman–Crippen LogP) is 3.22. The summed E-state index contributed by atoms with van der Waals surface area (Å²) in [6.07, 6.45) is 0. The predicted molar refractivity (Wildman–Crippen MR) is 131 cm³/mol. The number of nitrogens with one attached hydrogen (secondary N) is 2. The van der Waals surface area contributed by atoms with E-state index >= 15 is 0 Å². The maximum atomic E-state index is 13.3. The Bertz CT molecular complexity index is 1060. The minimum Gasteiger partial charge on any atom is -0.494 e. The number of halogens is 1. The van der Waals surface area contributed by atoms with E-state index in [1.54, 1.807) is 19.1 Å². The number of hydrogen-bond acceptors (Lipinski definition) is 6. The molecule has 186 valence electrons. The molecule has 1 saturated heterocycles. The lowest BCUT2D eigenvalue weighted by Crippen LogP contribution is -2.51. The van der Waals surface area contributed by atoms with Gasteiger partial charge >= 0.3 is 12.0 Å². The summed E-state index contributed by atoms with van der Waals surface area (Å²) in [6.45, 7) is 7.83. The molecular formula is C26H31FN4O4. The fraction of sp³-hybridized carbons (Fsp3) is 0.385. The van der Waals surface area contributed by atoms with Gasteiger partial charge in [-0.1, -0.05) is 12.1 Å². The Balaban J connectivity index is 1.54. The van der Waals surface area contributed by atoms with Crippen molar-refractivity contribution in [3.63, 3.8) is 0 Å². The van der Waals surface area contributed by atoms with Crippen LogP contribution in [-0.2, 0) is 9.53 Å². The number of nitrogens with zero attached hydrogens (tertiary/aromatic N) is 2. The summed E-state index contributed by atoms with van der Waals surface area (Å²) in [4.78, 5) is 30.0. The fourth-order valence-corrected chi connectivity index (χ4v) is 4.41. The molecule has 0 saturated carbocycles. The fourth-order valence-electron chi connectivity index (χ4n) is 4.41. The van der Waals surface area contributed by atoms with Gasteiger partial charge in [-0.25, -0.2) is 14.0 Å². The third-order valence-electron chi connectivity index (χ3n) is 6.12. The van der Waals surface area contributed by atoms with Crippen LogP contribution in [0.1, 0.15) is 25.5 Å². The maximum Gasteiger partial charge on any atom is 0.338 e. The molecule has 2 amide bonds. The summed E-state index contributed by atoms with van der Waals surface area (Å²) in [7, 11) is 0. The minimum atomic E-state index is -0.631. The van der Waals surface area contributed by atoms with Gasteiger partial charge < -0.3 is 25.0 Å². The van der Waals surface area contributed by atoms with Gasteiger partial charge in [0, 0.05) is 44.1 Å². The van der Waals surface area contributed by atoms with Crippen molar-refractivity contribution in [1.29, 1.82) is 0 Å². The quantitative estimate of drug-likeness (QED) is 0.563. The molecule has 0 bridgehead atoms. The van der Waals surface area contributed by atoms with Crippen molar-refractivity contribution in [1.82, 2.24) is 15.5 Å². The second-order valence-electron chi connectivity index (χ2n) is 8.39. The first kappa shape index (κ1) is 24.5. The molecule has 2 aromatic carbocycles. The Kier molecular flexibility index (Phi) is 7.87. The van der Waals surface area contributed by atoms with E-state index < -0.39 is 12.0 Å². The van der Waals surface area contributed by atoms with E-state index in [4.69, 9.17) is 9.47 Å².